The lowest BCUT2D eigenvalue weighted by Gasteiger charge is -2.11. The Hall–Kier alpha value is -1.21. The summed E-state index contributed by atoms with van der Waals surface area (Å²) in [5, 5.41) is 2.81. The lowest BCUT2D eigenvalue weighted by molar-refractivity contribution is 0.602. The summed E-state index contributed by atoms with van der Waals surface area (Å²) in [5.41, 5.74) is 5.92. The summed E-state index contributed by atoms with van der Waals surface area (Å²) in [6.07, 6.45) is 1.13. The van der Waals surface area contributed by atoms with Crippen molar-refractivity contribution in [3.05, 3.63) is 29.6 Å². The van der Waals surface area contributed by atoms with Gasteiger partial charge in [0, 0.05) is 18.5 Å². The normalized spacial score (nSPS) is 11.2. The molecule has 0 aliphatic rings. The topological polar surface area (TPSA) is 72.2 Å². The Bertz CT molecular complexity index is 529. The standard InChI is InChI=1S/C10H13FN2O2S2/c1-17(14,15)6-5-13-8-4-2-3-7(11)9(8)10(12)16/h2-4,13H,5-6H2,1H3,(H2,12,16). The summed E-state index contributed by atoms with van der Waals surface area (Å²) in [7, 11) is -3.06. The molecular formula is C10H13FN2O2S2. The highest BCUT2D eigenvalue weighted by Crippen LogP contribution is 2.18. The van der Waals surface area contributed by atoms with Gasteiger partial charge in [0.1, 0.15) is 20.6 Å². The van der Waals surface area contributed by atoms with E-state index >= 15 is 0 Å². The molecule has 0 amide bonds. The molecule has 0 bridgehead atoms. The first-order chi connectivity index (χ1) is 7.81. The average Bonchev–Trinajstić information content (AvgIpc) is 2.14. The molecule has 1 aromatic carbocycles. The third-order valence-electron chi connectivity index (χ3n) is 2.05. The molecule has 0 atom stereocenters. The van der Waals surface area contributed by atoms with E-state index < -0.39 is 15.7 Å². The smallest absolute Gasteiger partial charge is 0.149 e. The van der Waals surface area contributed by atoms with E-state index in [0.29, 0.717) is 5.69 Å². The Morgan fingerprint density at radius 3 is 2.71 bits per heavy atom. The number of halogens is 1. The van der Waals surface area contributed by atoms with E-state index in [4.69, 9.17) is 18.0 Å². The van der Waals surface area contributed by atoms with Gasteiger partial charge in [-0.3, -0.25) is 0 Å². The predicted molar refractivity (Wildman–Crippen MR) is 70.5 cm³/mol. The summed E-state index contributed by atoms with van der Waals surface area (Å²) in [6, 6.07) is 4.34. The Kier molecular flexibility index (Phi) is 4.41. The van der Waals surface area contributed by atoms with Crippen molar-refractivity contribution in [2.75, 3.05) is 23.9 Å². The number of rotatable bonds is 5. The van der Waals surface area contributed by atoms with E-state index in [1.807, 2.05) is 0 Å². The monoisotopic (exact) mass is 276 g/mol. The maximum absolute atomic E-state index is 13.4. The highest BCUT2D eigenvalue weighted by atomic mass is 32.2. The summed E-state index contributed by atoms with van der Waals surface area (Å²) < 4.78 is 35.3. The third-order valence-corrected chi connectivity index (χ3v) is 3.20. The van der Waals surface area contributed by atoms with Crippen LogP contribution in [-0.2, 0) is 9.84 Å². The number of nitrogens with one attached hydrogen (secondary N) is 1. The van der Waals surface area contributed by atoms with Crippen molar-refractivity contribution in [1.29, 1.82) is 0 Å². The second-order valence-corrected chi connectivity index (χ2v) is 6.28. The first kappa shape index (κ1) is 13.9. The highest BCUT2D eigenvalue weighted by Gasteiger charge is 2.11. The van der Waals surface area contributed by atoms with Crippen molar-refractivity contribution in [2.24, 2.45) is 5.73 Å². The minimum atomic E-state index is -3.06. The minimum absolute atomic E-state index is 0.0414. The van der Waals surface area contributed by atoms with Crippen molar-refractivity contribution in [1.82, 2.24) is 0 Å². The van der Waals surface area contributed by atoms with E-state index in [9.17, 15) is 12.8 Å². The molecule has 0 fully saturated rings. The molecule has 17 heavy (non-hydrogen) atoms. The van der Waals surface area contributed by atoms with Crippen LogP contribution in [0.15, 0.2) is 18.2 Å². The SMILES string of the molecule is CS(=O)(=O)CCNc1cccc(F)c1C(N)=S. The van der Waals surface area contributed by atoms with E-state index in [1.165, 1.54) is 12.1 Å². The van der Waals surface area contributed by atoms with Gasteiger partial charge >= 0.3 is 0 Å². The van der Waals surface area contributed by atoms with E-state index in [1.54, 1.807) is 6.07 Å². The molecule has 0 unspecified atom stereocenters. The predicted octanol–water partition coefficient (Wildman–Crippen LogP) is 0.916. The molecule has 0 aliphatic carbocycles. The van der Waals surface area contributed by atoms with Gasteiger partial charge in [0.25, 0.3) is 0 Å². The highest BCUT2D eigenvalue weighted by molar-refractivity contribution is 7.90. The molecule has 0 saturated carbocycles. The molecule has 94 valence electrons. The molecule has 0 aliphatic heterocycles. The van der Waals surface area contributed by atoms with Crippen molar-refractivity contribution in [2.45, 2.75) is 0 Å². The Balaban J connectivity index is 2.85. The van der Waals surface area contributed by atoms with Crippen LogP contribution in [0.25, 0.3) is 0 Å². The number of thiocarbonyl (C=S) groups is 1. The van der Waals surface area contributed by atoms with Crippen LogP contribution in [0.2, 0.25) is 0 Å². The van der Waals surface area contributed by atoms with E-state index in [-0.39, 0.29) is 22.8 Å². The zero-order valence-corrected chi connectivity index (χ0v) is 10.9. The summed E-state index contributed by atoms with van der Waals surface area (Å²) in [6.45, 7) is 0.178. The summed E-state index contributed by atoms with van der Waals surface area (Å²) >= 11 is 4.74. The molecule has 0 radical (unpaired) electrons. The Morgan fingerprint density at radius 2 is 2.18 bits per heavy atom. The Labute approximate surface area is 105 Å². The van der Waals surface area contributed by atoms with E-state index in [0.717, 1.165) is 6.26 Å². The molecule has 7 heteroatoms. The number of benzene rings is 1. The summed E-state index contributed by atoms with van der Waals surface area (Å²) in [5.74, 6) is -0.567. The lowest BCUT2D eigenvalue weighted by Crippen LogP contribution is -2.19. The first-order valence-electron chi connectivity index (χ1n) is 4.81. The number of anilines is 1. The van der Waals surface area contributed by atoms with Crippen LogP contribution in [0.3, 0.4) is 0 Å². The lowest BCUT2D eigenvalue weighted by atomic mass is 10.1. The van der Waals surface area contributed by atoms with Gasteiger partial charge in [-0.2, -0.15) is 0 Å². The zero-order valence-electron chi connectivity index (χ0n) is 9.23. The van der Waals surface area contributed by atoms with Gasteiger partial charge < -0.3 is 11.1 Å². The molecule has 1 aromatic rings. The van der Waals surface area contributed by atoms with Crippen molar-refractivity contribution >= 4 is 32.7 Å². The second kappa shape index (κ2) is 5.42. The Morgan fingerprint density at radius 1 is 1.53 bits per heavy atom. The van der Waals surface area contributed by atoms with Gasteiger partial charge in [0.2, 0.25) is 0 Å². The van der Waals surface area contributed by atoms with Gasteiger partial charge in [-0.05, 0) is 12.1 Å². The molecule has 4 nitrogen and oxygen atoms in total. The van der Waals surface area contributed by atoms with Gasteiger partial charge in [-0.15, -0.1) is 0 Å². The van der Waals surface area contributed by atoms with Gasteiger partial charge in [0.05, 0.1) is 11.3 Å². The molecular weight excluding hydrogens is 263 g/mol. The van der Waals surface area contributed by atoms with Crippen molar-refractivity contribution in [3.8, 4) is 0 Å². The van der Waals surface area contributed by atoms with Crippen LogP contribution in [0, 0.1) is 5.82 Å². The van der Waals surface area contributed by atoms with Crippen LogP contribution in [0.5, 0.6) is 0 Å². The number of hydrogen-bond acceptors (Lipinski definition) is 4. The van der Waals surface area contributed by atoms with Gasteiger partial charge in [-0.1, -0.05) is 18.3 Å². The van der Waals surface area contributed by atoms with Crippen LogP contribution in [0.4, 0.5) is 10.1 Å². The van der Waals surface area contributed by atoms with Crippen molar-refractivity contribution in [3.63, 3.8) is 0 Å². The van der Waals surface area contributed by atoms with Crippen LogP contribution >= 0.6 is 12.2 Å². The largest absolute Gasteiger partial charge is 0.389 e. The molecule has 3 N–H and O–H groups in total. The zero-order chi connectivity index (χ0) is 13.1. The molecule has 0 saturated heterocycles. The van der Waals surface area contributed by atoms with Crippen molar-refractivity contribution < 1.29 is 12.8 Å². The fourth-order valence-corrected chi connectivity index (χ4v) is 1.97. The quantitative estimate of drug-likeness (QED) is 0.782. The second-order valence-electron chi connectivity index (χ2n) is 3.58. The number of sulfone groups is 1. The summed E-state index contributed by atoms with van der Waals surface area (Å²) in [4.78, 5) is -0.0649. The molecule has 0 heterocycles. The molecule has 0 spiro atoms. The maximum atomic E-state index is 13.4. The van der Waals surface area contributed by atoms with Crippen LogP contribution in [0.1, 0.15) is 5.56 Å². The van der Waals surface area contributed by atoms with Crippen LogP contribution < -0.4 is 11.1 Å². The van der Waals surface area contributed by atoms with Gasteiger partial charge in [-0.25, -0.2) is 12.8 Å². The third kappa shape index (κ3) is 4.27. The minimum Gasteiger partial charge on any atom is -0.389 e. The first-order valence-corrected chi connectivity index (χ1v) is 7.28. The average molecular weight is 276 g/mol. The van der Waals surface area contributed by atoms with E-state index in [2.05, 4.69) is 5.32 Å². The number of nitrogens with two attached hydrogens (primary N) is 1. The number of hydrogen-bond donors (Lipinski definition) is 2. The maximum Gasteiger partial charge on any atom is 0.149 e. The van der Waals surface area contributed by atoms with Gasteiger partial charge in [0.15, 0.2) is 0 Å². The van der Waals surface area contributed by atoms with Crippen LogP contribution in [-0.4, -0.2) is 32.0 Å². The molecule has 0 aromatic heterocycles. The fourth-order valence-electron chi connectivity index (χ4n) is 1.29. The fraction of sp³-hybridized carbons (Fsp3) is 0.300. The molecule has 1 rings (SSSR count).